The van der Waals surface area contributed by atoms with Crippen LogP contribution in [0.2, 0.25) is 0 Å². The van der Waals surface area contributed by atoms with Crippen LogP contribution in [0.15, 0.2) is 23.1 Å². The fourth-order valence-corrected chi connectivity index (χ4v) is 4.61. The summed E-state index contributed by atoms with van der Waals surface area (Å²) in [6.07, 6.45) is 3.06. The van der Waals surface area contributed by atoms with Gasteiger partial charge in [0.05, 0.1) is 20.3 Å². The molecule has 7 nitrogen and oxygen atoms in total. The van der Waals surface area contributed by atoms with Crippen LogP contribution in [-0.2, 0) is 14.6 Å². The number of carbonyl (C=O) groups is 1. The number of morpholine rings is 1. The molecule has 0 radical (unpaired) electrons. The van der Waals surface area contributed by atoms with Crippen LogP contribution in [-0.4, -0.2) is 83.4 Å². The van der Waals surface area contributed by atoms with E-state index in [4.69, 9.17) is 9.47 Å². The van der Waals surface area contributed by atoms with Crippen LogP contribution in [0.5, 0.6) is 5.75 Å². The minimum absolute atomic E-state index is 0.0538. The van der Waals surface area contributed by atoms with Gasteiger partial charge in [0.1, 0.15) is 10.6 Å². The Kier molecular flexibility index (Phi) is 6.39. The molecule has 0 saturated carbocycles. The molecule has 2 aliphatic rings. The van der Waals surface area contributed by atoms with E-state index in [1.54, 1.807) is 12.1 Å². The zero-order valence-corrected chi connectivity index (χ0v) is 16.8. The van der Waals surface area contributed by atoms with Gasteiger partial charge in [-0.3, -0.25) is 9.69 Å². The summed E-state index contributed by atoms with van der Waals surface area (Å²) in [4.78, 5) is 17.2. The smallest absolute Gasteiger partial charge is 0.253 e. The number of ether oxygens (including phenoxy) is 2. The van der Waals surface area contributed by atoms with Crippen molar-refractivity contribution in [2.45, 2.75) is 17.7 Å². The maximum Gasteiger partial charge on any atom is 0.253 e. The van der Waals surface area contributed by atoms with Crippen molar-refractivity contribution in [3.05, 3.63) is 23.8 Å². The highest BCUT2D eigenvalue weighted by Gasteiger charge is 2.26. The van der Waals surface area contributed by atoms with E-state index >= 15 is 0 Å². The van der Waals surface area contributed by atoms with E-state index in [0.29, 0.717) is 24.6 Å². The van der Waals surface area contributed by atoms with E-state index in [1.807, 2.05) is 4.90 Å². The summed E-state index contributed by atoms with van der Waals surface area (Å²) >= 11 is 0. The Morgan fingerprint density at radius 3 is 2.44 bits per heavy atom. The number of sulfone groups is 1. The molecular formula is C19H28N2O5S. The van der Waals surface area contributed by atoms with Gasteiger partial charge in [-0.2, -0.15) is 0 Å². The van der Waals surface area contributed by atoms with Gasteiger partial charge in [0, 0.05) is 44.5 Å². The van der Waals surface area contributed by atoms with E-state index in [9.17, 15) is 13.2 Å². The first-order valence-electron chi connectivity index (χ1n) is 9.36. The molecule has 0 atom stereocenters. The lowest BCUT2D eigenvalue weighted by Gasteiger charge is -2.36. The molecule has 0 unspecified atom stereocenters. The van der Waals surface area contributed by atoms with Gasteiger partial charge in [-0.05, 0) is 37.0 Å². The Morgan fingerprint density at radius 2 is 1.85 bits per heavy atom. The van der Waals surface area contributed by atoms with E-state index in [0.717, 1.165) is 51.9 Å². The summed E-state index contributed by atoms with van der Waals surface area (Å²) in [7, 11) is -2.05. The number of carbonyl (C=O) groups excluding carboxylic acids is 1. The third-order valence-corrected chi connectivity index (χ3v) is 6.45. The van der Waals surface area contributed by atoms with E-state index < -0.39 is 9.84 Å². The second-order valence-electron chi connectivity index (χ2n) is 7.29. The lowest BCUT2D eigenvalue weighted by atomic mass is 9.95. The number of benzene rings is 1. The molecule has 8 heteroatoms. The SMILES string of the molecule is COc1ccc(C(=O)N2CCC(CN3CCOCC3)CC2)cc1S(C)(=O)=O. The molecule has 2 aliphatic heterocycles. The summed E-state index contributed by atoms with van der Waals surface area (Å²) in [5.41, 5.74) is 0.392. The fraction of sp³-hybridized carbons (Fsp3) is 0.632. The van der Waals surface area contributed by atoms with Gasteiger partial charge in [-0.15, -0.1) is 0 Å². The monoisotopic (exact) mass is 396 g/mol. The largest absolute Gasteiger partial charge is 0.495 e. The average Bonchev–Trinajstić information content (AvgIpc) is 2.67. The topological polar surface area (TPSA) is 76.2 Å². The maximum atomic E-state index is 12.8. The predicted molar refractivity (Wildman–Crippen MR) is 102 cm³/mol. The summed E-state index contributed by atoms with van der Waals surface area (Å²) in [6.45, 7) is 6.04. The minimum atomic E-state index is -3.47. The Labute approximate surface area is 161 Å². The van der Waals surface area contributed by atoms with Crippen LogP contribution in [0, 0.1) is 5.92 Å². The molecule has 0 aliphatic carbocycles. The summed E-state index contributed by atoms with van der Waals surface area (Å²) in [6, 6.07) is 4.61. The molecule has 2 saturated heterocycles. The molecule has 0 N–H and O–H groups in total. The first kappa shape index (κ1) is 20.1. The van der Waals surface area contributed by atoms with E-state index in [-0.39, 0.29) is 16.6 Å². The van der Waals surface area contributed by atoms with Gasteiger partial charge in [-0.1, -0.05) is 0 Å². The third kappa shape index (κ3) is 5.00. The Morgan fingerprint density at radius 1 is 1.19 bits per heavy atom. The first-order chi connectivity index (χ1) is 12.9. The molecule has 150 valence electrons. The number of nitrogens with zero attached hydrogens (tertiary/aromatic N) is 2. The van der Waals surface area contributed by atoms with Gasteiger partial charge < -0.3 is 14.4 Å². The Hall–Kier alpha value is -1.64. The molecule has 0 aromatic heterocycles. The molecule has 3 rings (SSSR count). The van der Waals surface area contributed by atoms with Crippen molar-refractivity contribution >= 4 is 15.7 Å². The summed E-state index contributed by atoms with van der Waals surface area (Å²) in [5, 5.41) is 0. The van der Waals surface area contributed by atoms with E-state index in [2.05, 4.69) is 4.90 Å². The number of likely N-dealkylation sites (tertiary alicyclic amines) is 1. The van der Waals surface area contributed by atoms with Gasteiger partial charge >= 0.3 is 0 Å². The van der Waals surface area contributed by atoms with Crippen molar-refractivity contribution in [3.63, 3.8) is 0 Å². The highest BCUT2D eigenvalue weighted by atomic mass is 32.2. The summed E-state index contributed by atoms with van der Waals surface area (Å²) < 4.78 is 34.5. The number of piperidine rings is 1. The van der Waals surface area contributed by atoms with E-state index in [1.165, 1.54) is 13.2 Å². The average molecular weight is 397 g/mol. The van der Waals surface area contributed by atoms with Gasteiger partial charge in [0.15, 0.2) is 9.84 Å². The van der Waals surface area contributed by atoms with Crippen molar-refractivity contribution in [1.82, 2.24) is 9.80 Å². The molecule has 0 bridgehead atoms. The first-order valence-corrected chi connectivity index (χ1v) is 11.2. The normalized spacial score (nSPS) is 19.9. The van der Waals surface area contributed by atoms with Crippen molar-refractivity contribution < 1.29 is 22.7 Å². The lowest BCUT2D eigenvalue weighted by Crippen LogP contribution is -2.44. The van der Waals surface area contributed by atoms with Crippen LogP contribution >= 0.6 is 0 Å². The molecule has 1 amide bonds. The van der Waals surface area contributed by atoms with Gasteiger partial charge in [0.25, 0.3) is 5.91 Å². The molecule has 0 spiro atoms. The number of hydrogen-bond donors (Lipinski definition) is 0. The molecule has 27 heavy (non-hydrogen) atoms. The van der Waals surface area contributed by atoms with Gasteiger partial charge in [0.2, 0.25) is 0 Å². The van der Waals surface area contributed by atoms with Crippen molar-refractivity contribution in [2.75, 3.05) is 59.3 Å². The lowest BCUT2D eigenvalue weighted by molar-refractivity contribution is 0.0243. The Balaban J connectivity index is 1.62. The second-order valence-corrected chi connectivity index (χ2v) is 9.27. The van der Waals surface area contributed by atoms with Crippen molar-refractivity contribution in [3.8, 4) is 5.75 Å². The highest BCUT2D eigenvalue weighted by Crippen LogP contribution is 2.27. The van der Waals surface area contributed by atoms with Crippen molar-refractivity contribution in [2.24, 2.45) is 5.92 Å². The zero-order valence-electron chi connectivity index (χ0n) is 16.0. The molecule has 2 heterocycles. The van der Waals surface area contributed by atoms with Crippen LogP contribution in [0.4, 0.5) is 0 Å². The molecular weight excluding hydrogens is 368 g/mol. The predicted octanol–water partition coefficient (Wildman–Crippen LogP) is 1.28. The van der Waals surface area contributed by atoms with Crippen LogP contribution in [0.25, 0.3) is 0 Å². The number of amides is 1. The maximum absolute atomic E-state index is 12.8. The minimum Gasteiger partial charge on any atom is -0.495 e. The molecule has 2 fully saturated rings. The zero-order chi connectivity index (χ0) is 19.4. The van der Waals surface area contributed by atoms with Crippen LogP contribution in [0.1, 0.15) is 23.2 Å². The number of hydrogen-bond acceptors (Lipinski definition) is 6. The highest BCUT2D eigenvalue weighted by molar-refractivity contribution is 7.90. The van der Waals surface area contributed by atoms with Crippen LogP contribution in [0.3, 0.4) is 0 Å². The van der Waals surface area contributed by atoms with Crippen LogP contribution < -0.4 is 4.74 Å². The quantitative estimate of drug-likeness (QED) is 0.746. The van der Waals surface area contributed by atoms with Crippen molar-refractivity contribution in [1.29, 1.82) is 0 Å². The fourth-order valence-electron chi connectivity index (χ4n) is 3.75. The Bertz CT molecular complexity index is 766. The summed E-state index contributed by atoms with van der Waals surface area (Å²) in [5.74, 6) is 0.736. The second kappa shape index (κ2) is 8.58. The molecule has 1 aromatic rings. The number of methoxy groups -OCH3 is 1. The number of rotatable bonds is 5. The molecule has 1 aromatic carbocycles. The third-order valence-electron chi connectivity index (χ3n) is 5.33. The standard InChI is InChI=1S/C19H28N2O5S/c1-25-17-4-3-16(13-18(17)27(2,23)24)19(22)21-7-5-15(6-8-21)14-20-9-11-26-12-10-20/h3-4,13,15H,5-12,14H2,1-2H3. The van der Waals surface area contributed by atoms with Gasteiger partial charge in [-0.25, -0.2) is 8.42 Å².